The topological polar surface area (TPSA) is 70.2 Å². The van der Waals surface area contributed by atoms with E-state index in [1.807, 2.05) is 13.0 Å². The van der Waals surface area contributed by atoms with Gasteiger partial charge in [0, 0.05) is 18.8 Å². The Morgan fingerprint density at radius 2 is 1.80 bits per heavy atom. The fourth-order valence-corrected chi connectivity index (χ4v) is 1.62. The van der Waals surface area contributed by atoms with E-state index in [0.717, 1.165) is 0 Å². The number of para-hydroxylation sites is 1. The van der Waals surface area contributed by atoms with Gasteiger partial charge in [-0.1, -0.05) is 26.0 Å². The van der Waals surface area contributed by atoms with Crippen LogP contribution in [0.1, 0.15) is 31.1 Å². The molecule has 1 aromatic carbocycles. The molecule has 0 spiro atoms. The second-order valence-electron chi connectivity index (χ2n) is 5.08. The van der Waals surface area contributed by atoms with Crippen LogP contribution >= 0.6 is 0 Å². The standard InChI is InChI=1S/C15H23N3O2/c1-10(2)11(3)18-14(19)9-17-13-8-6-5-7-12(13)15(20)16-4/h5-8,10-11,17H,9H2,1-4H3,(H,16,20)(H,18,19). The van der Waals surface area contributed by atoms with E-state index in [-0.39, 0.29) is 24.4 Å². The van der Waals surface area contributed by atoms with Crippen LogP contribution in [0.15, 0.2) is 24.3 Å². The lowest BCUT2D eigenvalue weighted by molar-refractivity contribution is -0.120. The van der Waals surface area contributed by atoms with Gasteiger partial charge >= 0.3 is 0 Å². The zero-order chi connectivity index (χ0) is 15.1. The van der Waals surface area contributed by atoms with Crippen molar-refractivity contribution < 1.29 is 9.59 Å². The Hall–Kier alpha value is -2.04. The van der Waals surface area contributed by atoms with Crippen LogP contribution in [0.3, 0.4) is 0 Å². The monoisotopic (exact) mass is 277 g/mol. The number of nitrogens with one attached hydrogen (secondary N) is 3. The molecule has 1 rings (SSSR count). The van der Waals surface area contributed by atoms with E-state index in [2.05, 4.69) is 29.8 Å². The molecule has 0 fully saturated rings. The summed E-state index contributed by atoms with van der Waals surface area (Å²) in [7, 11) is 1.58. The van der Waals surface area contributed by atoms with Crippen LogP contribution in [-0.2, 0) is 4.79 Å². The molecular weight excluding hydrogens is 254 g/mol. The summed E-state index contributed by atoms with van der Waals surface area (Å²) in [6.07, 6.45) is 0. The number of carbonyl (C=O) groups excluding carboxylic acids is 2. The van der Waals surface area contributed by atoms with Gasteiger partial charge < -0.3 is 16.0 Å². The van der Waals surface area contributed by atoms with E-state index in [0.29, 0.717) is 17.2 Å². The SMILES string of the molecule is CNC(=O)c1ccccc1NCC(=O)NC(C)C(C)C. The molecule has 5 heteroatoms. The average molecular weight is 277 g/mol. The Balaban J connectivity index is 2.62. The molecule has 0 bridgehead atoms. The Bertz CT molecular complexity index is 472. The van der Waals surface area contributed by atoms with Gasteiger partial charge in [-0.25, -0.2) is 0 Å². The second-order valence-corrected chi connectivity index (χ2v) is 5.08. The number of amides is 2. The Morgan fingerprint density at radius 3 is 2.40 bits per heavy atom. The molecule has 0 radical (unpaired) electrons. The maximum Gasteiger partial charge on any atom is 0.253 e. The normalized spacial score (nSPS) is 11.8. The molecule has 0 saturated heterocycles. The van der Waals surface area contributed by atoms with Crippen molar-refractivity contribution in [2.24, 2.45) is 5.92 Å². The largest absolute Gasteiger partial charge is 0.376 e. The highest BCUT2D eigenvalue weighted by molar-refractivity contribution is 5.99. The molecule has 1 unspecified atom stereocenters. The van der Waals surface area contributed by atoms with Gasteiger partial charge in [-0.15, -0.1) is 0 Å². The highest BCUT2D eigenvalue weighted by atomic mass is 16.2. The van der Waals surface area contributed by atoms with Gasteiger partial charge in [-0.2, -0.15) is 0 Å². The van der Waals surface area contributed by atoms with Crippen molar-refractivity contribution in [3.63, 3.8) is 0 Å². The van der Waals surface area contributed by atoms with Crippen molar-refractivity contribution in [3.8, 4) is 0 Å². The van der Waals surface area contributed by atoms with Crippen molar-refractivity contribution in [2.75, 3.05) is 18.9 Å². The number of hydrogen-bond acceptors (Lipinski definition) is 3. The molecule has 0 aliphatic carbocycles. The van der Waals surface area contributed by atoms with Crippen molar-refractivity contribution in [1.29, 1.82) is 0 Å². The fourth-order valence-electron chi connectivity index (χ4n) is 1.62. The minimum atomic E-state index is -0.177. The second kappa shape index (κ2) is 7.53. The summed E-state index contributed by atoms with van der Waals surface area (Å²) in [6.45, 7) is 6.23. The first-order valence-corrected chi connectivity index (χ1v) is 6.80. The first-order valence-electron chi connectivity index (χ1n) is 6.80. The fraction of sp³-hybridized carbons (Fsp3) is 0.467. The van der Waals surface area contributed by atoms with Crippen LogP contribution in [0, 0.1) is 5.92 Å². The van der Waals surface area contributed by atoms with Crippen LogP contribution in [0.2, 0.25) is 0 Å². The van der Waals surface area contributed by atoms with Crippen molar-refractivity contribution in [2.45, 2.75) is 26.8 Å². The van der Waals surface area contributed by atoms with Crippen molar-refractivity contribution in [1.82, 2.24) is 10.6 Å². The Labute approximate surface area is 120 Å². The summed E-state index contributed by atoms with van der Waals surface area (Å²) in [4.78, 5) is 23.5. The summed E-state index contributed by atoms with van der Waals surface area (Å²) >= 11 is 0. The molecule has 110 valence electrons. The zero-order valence-electron chi connectivity index (χ0n) is 12.5. The molecule has 0 saturated carbocycles. The van der Waals surface area contributed by atoms with Crippen LogP contribution in [-0.4, -0.2) is 31.4 Å². The molecule has 20 heavy (non-hydrogen) atoms. The maximum absolute atomic E-state index is 11.8. The summed E-state index contributed by atoms with van der Waals surface area (Å²) in [5.41, 5.74) is 1.18. The van der Waals surface area contributed by atoms with Gasteiger partial charge in [0.2, 0.25) is 5.91 Å². The van der Waals surface area contributed by atoms with Crippen LogP contribution in [0.4, 0.5) is 5.69 Å². The molecule has 1 atom stereocenters. The smallest absolute Gasteiger partial charge is 0.253 e. The molecular formula is C15H23N3O2. The molecule has 0 heterocycles. The van der Waals surface area contributed by atoms with Gasteiger partial charge in [0.05, 0.1) is 12.1 Å². The third-order valence-electron chi connectivity index (χ3n) is 3.23. The van der Waals surface area contributed by atoms with Gasteiger partial charge in [0.25, 0.3) is 5.91 Å². The highest BCUT2D eigenvalue weighted by Crippen LogP contribution is 2.14. The highest BCUT2D eigenvalue weighted by Gasteiger charge is 2.12. The van der Waals surface area contributed by atoms with Crippen LogP contribution in [0.5, 0.6) is 0 Å². The quantitative estimate of drug-likeness (QED) is 0.740. The number of anilines is 1. The number of rotatable bonds is 6. The van der Waals surface area contributed by atoms with E-state index < -0.39 is 0 Å². The summed E-state index contributed by atoms with van der Waals surface area (Å²) < 4.78 is 0. The van der Waals surface area contributed by atoms with E-state index in [1.165, 1.54) is 0 Å². The summed E-state index contributed by atoms with van der Waals surface area (Å²) in [6, 6.07) is 7.23. The third kappa shape index (κ3) is 4.57. The summed E-state index contributed by atoms with van der Waals surface area (Å²) in [5, 5.41) is 8.49. The first kappa shape index (κ1) is 16.0. The molecule has 3 N–H and O–H groups in total. The third-order valence-corrected chi connectivity index (χ3v) is 3.23. The first-order chi connectivity index (χ1) is 9.45. The predicted molar refractivity (Wildman–Crippen MR) is 80.8 cm³/mol. The minimum Gasteiger partial charge on any atom is -0.376 e. The average Bonchev–Trinajstić information content (AvgIpc) is 2.44. The van der Waals surface area contributed by atoms with E-state index in [1.54, 1.807) is 25.2 Å². The van der Waals surface area contributed by atoms with Gasteiger partial charge in [-0.3, -0.25) is 9.59 Å². The molecule has 1 aromatic rings. The molecule has 2 amide bonds. The lowest BCUT2D eigenvalue weighted by atomic mass is 10.1. The van der Waals surface area contributed by atoms with Crippen LogP contribution < -0.4 is 16.0 Å². The number of benzene rings is 1. The van der Waals surface area contributed by atoms with Crippen LogP contribution in [0.25, 0.3) is 0 Å². The minimum absolute atomic E-state index is 0.0853. The lowest BCUT2D eigenvalue weighted by Gasteiger charge is -2.18. The van der Waals surface area contributed by atoms with Crippen molar-refractivity contribution >= 4 is 17.5 Å². The van der Waals surface area contributed by atoms with E-state index in [9.17, 15) is 9.59 Å². The number of carbonyl (C=O) groups is 2. The Morgan fingerprint density at radius 1 is 1.15 bits per heavy atom. The lowest BCUT2D eigenvalue weighted by Crippen LogP contribution is -2.39. The maximum atomic E-state index is 11.8. The van der Waals surface area contributed by atoms with Gasteiger partial charge in [0.1, 0.15) is 0 Å². The molecule has 0 aliphatic heterocycles. The predicted octanol–water partition coefficient (Wildman–Crippen LogP) is 1.62. The zero-order valence-corrected chi connectivity index (χ0v) is 12.5. The molecule has 0 aromatic heterocycles. The van der Waals surface area contributed by atoms with Crippen molar-refractivity contribution in [3.05, 3.63) is 29.8 Å². The van der Waals surface area contributed by atoms with Gasteiger partial charge in [-0.05, 0) is 25.0 Å². The number of hydrogen-bond donors (Lipinski definition) is 3. The Kier molecular flexibility index (Phi) is 6.03. The molecule has 5 nitrogen and oxygen atoms in total. The molecule has 0 aliphatic rings. The van der Waals surface area contributed by atoms with E-state index >= 15 is 0 Å². The summed E-state index contributed by atoms with van der Waals surface area (Å²) in [5.74, 6) is 0.124. The van der Waals surface area contributed by atoms with E-state index in [4.69, 9.17) is 0 Å². The van der Waals surface area contributed by atoms with Gasteiger partial charge in [0.15, 0.2) is 0 Å².